The van der Waals surface area contributed by atoms with Gasteiger partial charge in [-0.15, -0.1) is 0 Å². The molecule has 0 radical (unpaired) electrons. The van der Waals surface area contributed by atoms with Crippen LogP contribution in [0.15, 0.2) is 25.0 Å². The average Bonchev–Trinajstić information content (AvgIpc) is 2.39. The van der Waals surface area contributed by atoms with E-state index in [4.69, 9.17) is 11.6 Å². The van der Waals surface area contributed by atoms with E-state index < -0.39 is 0 Å². The molecule has 17 heavy (non-hydrogen) atoms. The Labute approximate surface area is 105 Å². The molecule has 1 amide bonds. The van der Waals surface area contributed by atoms with Crippen molar-refractivity contribution in [1.29, 1.82) is 0 Å². The van der Waals surface area contributed by atoms with Gasteiger partial charge in [0.05, 0.1) is 17.4 Å². The standard InChI is InChI=1S/C11H13ClN4O/c1-2-10(17)15-3-5-16(6-4-15)11-13-7-9(12)8-14-11/h2,7-8H,1,3-6H2. The molecule has 2 rings (SSSR count). The van der Waals surface area contributed by atoms with Gasteiger partial charge in [-0.25, -0.2) is 9.97 Å². The van der Waals surface area contributed by atoms with Gasteiger partial charge in [-0.05, 0) is 6.08 Å². The molecule has 0 N–H and O–H groups in total. The fraction of sp³-hybridized carbons (Fsp3) is 0.364. The minimum absolute atomic E-state index is 0.0262. The fourth-order valence-electron chi connectivity index (χ4n) is 1.72. The lowest BCUT2D eigenvalue weighted by Gasteiger charge is -2.34. The van der Waals surface area contributed by atoms with Gasteiger partial charge in [-0.1, -0.05) is 18.2 Å². The molecule has 0 aliphatic carbocycles. The van der Waals surface area contributed by atoms with Gasteiger partial charge in [0.2, 0.25) is 11.9 Å². The van der Waals surface area contributed by atoms with Crippen LogP contribution in [0.5, 0.6) is 0 Å². The maximum Gasteiger partial charge on any atom is 0.246 e. The zero-order valence-corrected chi connectivity index (χ0v) is 10.1. The Morgan fingerprint density at radius 1 is 1.29 bits per heavy atom. The lowest BCUT2D eigenvalue weighted by molar-refractivity contribution is -0.126. The number of carbonyl (C=O) groups excluding carboxylic acids is 1. The molecule has 0 saturated carbocycles. The summed E-state index contributed by atoms with van der Waals surface area (Å²) in [4.78, 5) is 23.5. The minimum Gasteiger partial charge on any atom is -0.337 e. The molecule has 0 bridgehead atoms. The van der Waals surface area contributed by atoms with E-state index >= 15 is 0 Å². The van der Waals surface area contributed by atoms with Crippen molar-refractivity contribution in [2.24, 2.45) is 0 Å². The normalized spacial score (nSPS) is 15.8. The molecule has 0 spiro atoms. The molecule has 5 nitrogen and oxygen atoms in total. The summed E-state index contributed by atoms with van der Waals surface area (Å²) >= 11 is 5.73. The number of aromatic nitrogens is 2. The van der Waals surface area contributed by atoms with Gasteiger partial charge in [0.15, 0.2) is 0 Å². The predicted octanol–water partition coefficient (Wildman–Crippen LogP) is 0.965. The van der Waals surface area contributed by atoms with E-state index in [0.717, 1.165) is 13.1 Å². The van der Waals surface area contributed by atoms with E-state index in [9.17, 15) is 4.79 Å². The first kappa shape index (κ1) is 11.9. The Morgan fingerprint density at radius 2 is 1.88 bits per heavy atom. The summed E-state index contributed by atoms with van der Waals surface area (Å²) < 4.78 is 0. The summed E-state index contributed by atoms with van der Waals surface area (Å²) in [5, 5.41) is 0.522. The summed E-state index contributed by atoms with van der Waals surface area (Å²) in [6, 6.07) is 0. The minimum atomic E-state index is -0.0262. The van der Waals surface area contributed by atoms with Crippen molar-refractivity contribution in [3.05, 3.63) is 30.1 Å². The Morgan fingerprint density at radius 3 is 2.41 bits per heavy atom. The van der Waals surface area contributed by atoms with Gasteiger partial charge < -0.3 is 9.80 Å². The molecule has 1 aromatic rings. The summed E-state index contributed by atoms with van der Waals surface area (Å²) in [7, 11) is 0. The molecule has 0 aromatic carbocycles. The second-order valence-electron chi connectivity index (χ2n) is 3.72. The number of amides is 1. The van der Waals surface area contributed by atoms with Crippen molar-refractivity contribution in [2.45, 2.75) is 0 Å². The number of carbonyl (C=O) groups is 1. The highest BCUT2D eigenvalue weighted by Crippen LogP contribution is 2.12. The first-order valence-electron chi connectivity index (χ1n) is 5.34. The molecule has 1 aromatic heterocycles. The number of rotatable bonds is 2. The van der Waals surface area contributed by atoms with Crippen molar-refractivity contribution in [3.63, 3.8) is 0 Å². The highest BCUT2D eigenvalue weighted by Gasteiger charge is 2.20. The van der Waals surface area contributed by atoms with Gasteiger partial charge in [-0.2, -0.15) is 0 Å². The van der Waals surface area contributed by atoms with E-state index in [0.29, 0.717) is 24.1 Å². The molecule has 1 aliphatic rings. The van der Waals surface area contributed by atoms with Crippen molar-refractivity contribution in [2.75, 3.05) is 31.1 Å². The average molecular weight is 253 g/mol. The SMILES string of the molecule is C=CC(=O)N1CCN(c2ncc(Cl)cn2)CC1. The summed E-state index contributed by atoms with van der Waals surface area (Å²) in [6.45, 7) is 6.25. The second-order valence-corrected chi connectivity index (χ2v) is 4.15. The van der Waals surface area contributed by atoms with Crippen LogP contribution in [0.25, 0.3) is 0 Å². The number of nitrogens with zero attached hydrogens (tertiary/aromatic N) is 4. The van der Waals surface area contributed by atoms with E-state index in [-0.39, 0.29) is 5.91 Å². The van der Waals surface area contributed by atoms with Crippen LogP contribution in [0.4, 0.5) is 5.95 Å². The highest BCUT2D eigenvalue weighted by molar-refractivity contribution is 6.30. The summed E-state index contributed by atoms with van der Waals surface area (Å²) in [6.07, 6.45) is 4.49. The zero-order valence-electron chi connectivity index (χ0n) is 9.34. The number of halogens is 1. The molecular formula is C11H13ClN4O. The molecular weight excluding hydrogens is 240 g/mol. The molecule has 1 fully saturated rings. The Balaban J connectivity index is 1.97. The van der Waals surface area contributed by atoms with E-state index in [1.807, 2.05) is 4.90 Å². The molecule has 1 aliphatic heterocycles. The van der Waals surface area contributed by atoms with Crippen LogP contribution < -0.4 is 4.90 Å². The molecule has 0 atom stereocenters. The third kappa shape index (κ3) is 2.74. The Bertz CT molecular complexity index is 412. The van der Waals surface area contributed by atoms with Crippen molar-refractivity contribution in [1.82, 2.24) is 14.9 Å². The summed E-state index contributed by atoms with van der Waals surface area (Å²) in [5.41, 5.74) is 0. The van der Waals surface area contributed by atoms with Crippen molar-refractivity contribution in [3.8, 4) is 0 Å². The highest BCUT2D eigenvalue weighted by atomic mass is 35.5. The molecule has 2 heterocycles. The van der Waals surface area contributed by atoms with Crippen LogP contribution >= 0.6 is 11.6 Å². The van der Waals surface area contributed by atoms with E-state index in [1.54, 1.807) is 17.3 Å². The van der Waals surface area contributed by atoms with Crippen molar-refractivity contribution >= 4 is 23.5 Å². The molecule has 0 unspecified atom stereocenters. The zero-order chi connectivity index (χ0) is 12.3. The van der Waals surface area contributed by atoms with Crippen LogP contribution in [0, 0.1) is 0 Å². The molecule has 90 valence electrons. The quantitative estimate of drug-likeness (QED) is 0.736. The molecule has 1 saturated heterocycles. The van der Waals surface area contributed by atoms with Crippen LogP contribution in [0.1, 0.15) is 0 Å². The molecule has 6 heteroatoms. The van der Waals surface area contributed by atoms with Gasteiger partial charge in [0.25, 0.3) is 0 Å². The van der Waals surface area contributed by atoms with E-state index in [1.165, 1.54) is 6.08 Å². The maximum atomic E-state index is 11.4. The topological polar surface area (TPSA) is 49.3 Å². The monoisotopic (exact) mass is 252 g/mol. The Hall–Kier alpha value is -1.62. The van der Waals surface area contributed by atoms with Gasteiger partial charge in [-0.3, -0.25) is 4.79 Å². The van der Waals surface area contributed by atoms with Crippen LogP contribution in [0.3, 0.4) is 0 Å². The smallest absolute Gasteiger partial charge is 0.246 e. The number of anilines is 1. The first-order chi connectivity index (χ1) is 8.20. The lowest BCUT2D eigenvalue weighted by atomic mass is 10.3. The Kier molecular flexibility index (Phi) is 3.58. The lowest BCUT2D eigenvalue weighted by Crippen LogP contribution is -2.48. The number of piperazine rings is 1. The second kappa shape index (κ2) is 5.14. The number of hydrogen-bond donors (Lipinski definition) is 0. The van der Waals surface area contributed by atoms with Crippen molar-refractivity contribution < 1.29 is 4.79 Å². The first-order valence-corrected chi connectivity index (χ1v) is 5.72. The predicted molar refractivity (Wildman–Crippen MR) is 66.0 cm³/mol. The van der Waals surface area contributed by atoms with Gasteiger partial charge >= 0.3 is 0 Å². The van der Waals surface area contributed by atoms with Gasteiger partial charge in [0.1, 0.15) is 0 Å². The number of hydrogen-bond acceptors (Lipinski definition) is 4. The maximum absolute atomic E-state index is 11.4. The van der Waals surface area contributed by atoms with Crippen LogP contribution in [-0.2, 0) is 4.79 Å². The third-order valence-corrected chi connectivity index (χ3v) is 2.85. The third-order valence-electron chi connectivity index (χ3n) is 2.66. The van der Waals surface area contributed by atoms with Gasteiger partial charge in [0, 0.05) is 26.2 Å². The van der Waals surface area contributed by atoms with Crippen LogP contribution in [-0.4, -0.2) is 47.0 Å². The summed E-state index contributed by atoms with van der Waals surface area (Å²) in [5.74, 6) is 0.627. The largest absolute Gasteiger partial charge is 0.337 e. The van der Waals surface area contributed by atoms with E-state index in [2.05, 4.69) is 16.5 Å². The van der Waals surface area contributed by atoms with Crippen LogP contribution in [0.2, 0.25) is 5.02 Å². The fourth-order valence-corrected chi connectivity index (χ4v) is 1.82.